The van der Waals surface area contributed by atoms with E-state index in [9.17, 15) is 0 Å². The molecule has 1 aromatic heterocycles. The zero-order valence-electron chi connectivity index (χ0n) is 8.31. The average molecular weight is 213 g/mol. The van der Waals surface area contributed by atoms with Gasteiger partial charge in [0.15, 0.2) is 0 Å². The third-order valence-electron chi connectivity index (χ3n) is 2.40. The van der Waals surface area contributed by atoms with E-state index in [2.05, 4.69) is 20.7 Å². The summed E-state index contributed by atoms with van der Waals surface area (Å²) < 4.78 is 0. The molecule has 1 saturated heterocycles. The fourth-order valence-corrected chi connectivity index (χ4v) is 2.55. The molecular formula is C8H15N5S. The van der Waals surface area contributed by atoms with Crippen molar-refractivity contribution in [3.05, 3.63) is 0 Å². The monoisotopic (exact) mass is 213 g/mol. The van der Waals surface area contributed by atoms with Crippen molar-refractivity contribution < 1.29 is 0 Å². The van der Waals surface area contributed by atoms with Gasteiger partial charge in [-0.3, -0.25) is 0 Å². The van der Waals surface area contributed by atoms with E-state index in [0.29, 0.717) is 0 Å². The van der Waals surface area contributed by atoms with Crippen LogP contribution in [-0.4, -0.2) is 39.0 Å². The maximum absolute atomic E-state index is 4.14. The second-order valence-corrected chi connectivity index (χ2v) is 4.55. The Bertz CT molecular complexity index is 281. The normalized spacial score (nSPS) is 18.6. The zero-order valence-corrected chi connectivity index (χ0v) is 9.13. The van der Waals surface area contributed by atoms with Crippen molar-refractivity contribution >= 4 is 11.8 Å². The molecular weight excluding hydrogens is 198 g/mol. The fourth-order valence-electron chi connectivity index (χ4n) is 1.57. The maximum atomic E-state index is 4.14. The Balaban J connectivity index is 1.76. The van der Waals surface area contributed by atoms with Gasteiger partial charge in [-0.05, 0) is 37.1 Å². The summed E-state index contributed by atoms with van der Waals surface area (Å²) in [6.07, 6.45) is 2.54. The van der Waals surface area contributed by atoms with E-state index < -0.39 is 0 Å². The van der Waals surface area contributed by atoms with Gasteiger partial charge in [0.2, 0.25) is 5.16 Å². The van der Waals surface area contributed by atoms with Crippen LogP contribution < -0.4 is 5.32 Å². The van der Waals surface area contributed by atoms with Crippen molar-refractivity contribution in [2.45, 2.75) is 18.0 Å². The highest BCUT2D eigenvalue weighted by Gasteiger charge is 2.14. The van der Waals surface area contributed by atoms with Crippen LogP contribution in [0.2, 0.25) is 0 Å². The number of rotatable bonds is 3. The topological polar surface area (TPSA) is 55.6 Å². The van der Waals surface area contributed by atoms with Crippen LogP contribution in [0.1, 0.15) is 12.8 Å². The van der Waals surface area contributed by atoms with Gasteiger partial charge in [0.25, 0.3) is 0 Å². The number of nitrogens with zero attached hydrogens (tertiary/aromatic N) is 4. The summed E-state index contributed by atoms with van der Waals surface area (Å²) in [5.41, 5.74) is 0. The van der Waals surface area contributed by atoms with E-state index in [0.717, 1.165) is 29.9 Å². The van der Waals surface area contributed by atoms with E-state index in [1.165, 1.54) is 17.6 Å². The van der Waals surface area contributed by atoms with Gasteiger partial charge in [0.1, 0.15) is 0 Å². The van der Waals surface area contributed by atoms with E-state index in [1.807, 2.05) is 0 Å². The molecule has 6 heteroatoms. The highest BCUT2D eigenvalue weighted by atomic mass is 32.2. The molecule has 0 bridgehead atoms. The molecule has 0 aliphatic carbocycles. The zero-order chi connectivity index (χ0) is 9.80. The van der Waals surface area contributed by atoms with Gasteiger partial charge in [-0.1, -0.05) is 11.8 Å². The van der Waals surface area contributed by atoms with Crippen LogP contribution in [0, 0.1) is 5.92 Å². The molecule has 0 atom stereocenters. The first kappa shape index (κ1) is 9.92. The molecule has 14 heavy (non-hydrogen) atoms. The number of tetrazole rings is 1. The number of piperidine rings is 1. The third kappa shape index (κ3) is 2.68. The summed E-state index contributed by atoms with van der Waals surface area (Å²) in [7, 11) is 1.79. The molecule has 1 fully saturated rings. The number of hydrogen-bond acceptors (Lipinski definition) is 5. The number of aryl methyl sites for hydroxylation is 1. The van der Waals surface area contributed by atoms with Gasteiger partial charge in [0.05, 0.1) is 7.05 Å². The van der Waals surface area contributed by atoms with Crippen LogP contribution in [0.5, 0.6) is 0 Å². The third-order valence-corrected chi connectivity index (χ3v) is 3.46. The SMILES string of the molecule is Cn1nnc(SCC2CCNCC2)n1. The minimum Gasteiger partial charge on any atom is -0.317 e. The Labute approximate surface area is 87.6 Å². The van der Waals surface area contributed by atoms with E-state index in [-0.39, 0.29) is 0 Å². The Morgan fingerprint density at radius 3 is 2.93 bits per heavy atom. The number of hydrogen-bond donors (Lipinski definition) is 1. The standard InChI is InChI=1S/C8H15N5S/c1-13-11-8(10-12-13)14-6-7-2-4-9-5-3-7/h7,9H,2-6H2,1H3. The number of aromatic nitrogens is 4. The highest BCUT2D eigenvalue weighted by molar-refractivity contribution is 7.99. The molecule has 2 rings (SSSR count). The molecule has 2 heterocycles. The molecule has 0 radical (unpaired) electrons. The van der Waals surface area contributed by atoms with Gasteiger partial charge in [-0.15, -0.1) is 10.2 Å². The molecule has 5 nitrogen and oxygen atoms in total. The molecule has 1 aliphatic heterocycles. The summed E-state index contributed by atoms with van der Waals surface area (Å²) in [6.45, 7) is 2.30. The molecule has 0 spiro atoms. The Morgan fingerprint density at radius 1 is 1.50 bits per heavy atom. The van der Waals surface area contributed by atoms with Crippen LogP contribution >= 0.6 is 11.8 Å². The predicted molar refractivity (Wildman–Crippen MR) is 55.1 cm³/mol. The predicted octanol–water partition coefficient (Wildman–Crippen LogP) is 0.302. The average Bonchev–Trinajstić information content (AvgIpc) is 2.63. The van der Waals surface area contributed by atoms with Gasteiger partial charge < -0.3 is 5.32 Å². The van der Waals surface area contributed by atoms with Crippen molar-refractivity contribution in [2.75, 3.05) is 18.8 Å². The molecule has 1 N–H and O–H groups in total. The summed E-state index contributed by atoms with van der Waals surface area (Å²) >= 11 is 1.71. The van der Waals surface area contributed by atoms with Gasteiger partial charge in [-0.2, -0.15) is 4.80 Å². The van der Waals surface area contributed by atoms with Gasteiger partial charge in [0, 0.05) is 5.75 Å². The van der Waals surface area contributed by atoms with Crippen LogP contribution in [0.25, 0.3) is 0 Å². The highest BCUT2D eigenvalue weighted by Crippen LogP contribution is 2.21. The van der Waals surface area contributed by atoms with Crippen LogP contribution in [0.3, 0.4) is 0 Å². The Hall–Kier alpha value is -0.620. The summed E-state index contributed by atoms with van der Waals surface area (Å²) in [5.74, 6) is 1.93. The molecule has 0 saturated carbocycles. The first-order valence-electron chi connectivity index (χ1n) is 4.92. The lowest BCUT2D eigenvalue weighted by Crippen LogP contribution is -2.28. The summed E-state index contributed by atoms with van der Waals surface area (Å²) in [5, 5.41) is 16.0. The number of nitrogens with one attached hydrogen (secondary N) is 1. The molecule has 0 aromatic carbocycles. The fraction of sp³-hybridized carbons (Fsp3) is 0.875. The first-order valence-corrected chi connectivity index (χ1v) is 5.90. The van der Waals surface area contributed by atoms with Gasteiger partial charge in [-0.25, -0.2) is 0 Å². The lowest BCUT2D eigenvalue weighted by atomic mass is 10.0. The van der Waals surface area contributed by atoms with Crippen LogP contribution in [0.15, 0.2) is 5.16 Å². The lowest BCUT2D eigenvalue weighted by molar-refractivity contribution is 0.407. The second kappa shape index (κ2) is 4.75. The maximum Gasteiger partial charge on any atom is 0.231 e. The Morgan fingerprint density at radius 2 is 2.29 bits per heavy atom. The molecule has 1 aromatic rings. The van der Waals surface area contributed by atoms with E-state index >= 15 is 0 Å². The minimum atomic E-state index is 0.797. The van der Waals surface area contributed by atoms with Crippen molar-refractivity contribution in [2.24, 2.45) is 13.0 Å². The number of thioether (sulfide) groups is 1. The quantitative estimate of drug-likeness (QED) is 0.732. The van der Waals surface area contributed by atoms with Crippen LogP contribution in [0.4, 0.5) is 0 Å². The Kier molecular flexibility index (Phi) is 3.36. The molecule has 78 valence electrons. The minimum absolute atomic E-state index is 0.797. The molecule has 0 unspecified atom stereocenters. The molecule has 0 amide bonds. The lowest BCUT2D eigenvalue weighted by Gasteiger charge is -2.21. The molecule has 1 aliphatic rings. The van der Waals surface area contributed by atoms with E-state index in [4.69, 9.17) is 0 Å². The van der Waals surface area contributed by atoms with Gasteiger partial charge >= 0.3 is 0 Å². The van der Waals surface area contributed by atoms with Crippen molar-refractivity contribution in [3.63, 3.8) is 0 Å². The van der Waals surface area contributed by atoms with Crippen molar-refractivity contribution in [1.82, 2.24) is 25.5 Å². The van der Waals surface area contributed by atoms with Crippen LogP contribution in [-0.2, 0) is 7.05 Å². The van der Waals surface area contributed by atoms with Crippen molar-refractivity contribution in [3.8, 4) is 0 Å². The summed E-state index contributed by atoms with van der Waals surface area (Å²) in [6, 6.07) is 0. The summed E-state index contributed by atoms with van der Waals surface area (Å²) in [4.78, 5) is 1.50. The van der Waals surface area contributed by atoms with E-state index in [1.54, 1.807) is 18.8 Å². The smallest absolute Gasteiger partial charge is 0.231 e. The largest absolute Gasteiger partial charge is 0.317 e. The van der Waals surface area contributed by atoms with Crippen molar-refractivity contribution in [1.29, 1.82) is 0 Å². The second-order valence-electron chi connectivity index (χ2n) is 3.57. The first-order chi connectivity index (χ1) is 6.84.